The van der Waals surface area contributed by atoms with Crippen LogP contribution in [0.15, 0.2) is 48.9 Å². The Labute approximate surface area is 261 Å². The van der Waals surface area contributed by atoms with Gasteiger partial charge in [-0.2, -0.15) is 5.26 Å². The third kappa shape index (κ3) is 6.78. The maximum atomic E-state index is 15.4. The van der Waals surface area contributed by atoms with Gasteiger partial charge in [-0.1, -0.05) is 11.6 Å². The first-order valence-corrected chi connectivity index (χ1v) is 14.9. The van der Waals surface area contributed by atoms with Gasteiger partial charge in [0.15, 0.2) is 17.6 Å². The zero-order valence-electron chi connectivity index (χ0n) is 25.3. The second-order valence-electron chi connectivity index (χ2n) is 11.2. The first-order valence-electron chi connectivity index (χ1n) is 14.6. The van der Waals surface area contributed by atoms with E-state index in [0.29, 0.717) is 63.4 Å². The highest BCUT2D eigenvalue weighted by molar-refractivity contribution is 6.34. The normalized spacial score (nSPS) is 14.5. The van der Waals surface area contributed by atoms with E-state index in [4.69, 9.17) is 21.6 Å². The van der Waals surface area contributed by atoms with Crippen molar-refractivity contribution in [3.8, 4) is 23.1 Å². The van der Waals surface area contributed by atoms with Gasteiger partial charge in [-0.05, 0) is 77.8 Å². The van der Waals surface area contributed by atoms with E-state index in [-0.39, 0.29) is 5.91 Å². The molecule has 0 spiro atoms. The maximum Gasteiger partial charge on any atom is 0.255 e. The van der Waals surface area contributed by atoms with Crippen LogP contribution in [-0.2, 0) is 0 Å². The van der Waals surface area contributed by atoms with Gasteiger partial charge >= 0.3 is 0 Å². The molecular formula is C32H36ClFN8O2. The third-order valence-electron chi connectivity index (χ3n) is 7.73. The van der Waals surface area contributed by atoms with Crippen molar-refractivity contribution in [2.24, 2.45) is 0 Å². The van der Waals surface area contributed by atoms with E-state index < -0.39 is 11.9 Å². The number of fused-ring (bicyclic) bond motifs is 1. The molecule has 0 bridgehead atoms. The molecule has 1 fully saturated rings. The summed E-state index contributed by atoms with van der Waals surface area (Å²) in [5, 5.41) is 12.6. The van der Waals surface area contributed by atoms with Crippen molar-refractivity contribution in [2.45, 2.75) is 26.4 Å². The molecule has 4 aromatic rings. The number of rotatable bonds is 10. The summed E-state index contributed by atoms with van der Waals surface area (Å²) in [6.07, 6.45) is 5.28. The average Bonchev–Trinajstić information content (AvgIpc) is 3.44. The Bertz CT molecular complexity index is 1690. The Morgan fingerprint density at radius 3 is 2.68 bits per heavy atom. The summed E-state index contributed by atoms with van der Waals surface area (Å²) in [7, 11) is 4.15. The van der Waals surface area contributed by atoms with Crippen LogP contribution in [0.3, 0.4) is 0 Å². The standard InChI is InChI=1S/C32H36ClFN8O2/c1-21(19-35)44-28-9-8-25(29(34)22(28)2)27-20-37-31-30(36-10-13-42(27)31)38-23-6-7-24(26(33)18-23)32(43)41-16-14-40(15-17-41)12-5-11-39(3)4/h6-10,13,18,20-21H,5,11-12,14-17H2,1-4H3,(H,36,38). The molecule has 2 aromatic carbocycles. The predicted molar refractivity (Wildman–Crippen MR) is 169 cm³/mol. The van der Waals surface area contributed by atoms with Gasteiger partial charge in [0.1, 0.15) is 17.6 Å². The zero-order valence-corrected chi connectivity index (χ0v) is 26.1. The molecular weight excluding hydrogens is 583 g/mol. The topological polar surface area (TPSA) is 102 Å². The van der Waals surface area contributed by atoms with Crippen LogP contribution in [0.25, 0.3) is 16.9 Å². The lowest BCUT2D eigenvalue weighted by molar-refractivity contribution is 0.0634. The average molecular weight is 619 g/mol. The van der Waals surface area contributed by atoms with Crippen molar-refractivity contribution in [1.82, 2.24) is 29.1 Å². The van der Waals surface area contributed by atoms with Crippen LogP contribution >= 0.6 is 11.6 Å². The second-order valence-corrected chi connectivity index (χ2v) is 11.6. The van der Waals surface area contributed by atoms with E-state index in [1.807, 2.05) is 11.0 Å². The lowest BCUT2D eigenvalue weighted by atomic mass is 10.1. The zero-order chi connectivity index (χ0) is 31.4. The van der Waals surface area contributed by atoms with Crippen molar-refractivity contribution in [2.75, 3.05) is 58.7 Å². The molecule has 1 aliphatic rings. The molecule has 1 N–H and O–H groups in total. The monoisotopic (exact) mass is 618 g/mol. The van der Waals surface area contributed by atoms with E-state index in [1.165, 1.54) is 0 Å². The Hall–Kier alpha value is -4.24. The minimum absolute atomic E-state index is 0.0802. The Morgan fingerprint density at radius 1 is 1.20 bits per heavy atom. The molecule has 5 rings (SSSR count). The smallest absolute Gasteiger partial charge is 0.255 e. The fourth-order valence-corrected chi connectivity index (χ4v) is 5.54. The molecule has 10 nitrogen and oxygen atoms in total. The molecule has 0 aliphatic carbocycles. The van der Waals surface area contributed by atoms with Crippen molar-refractivity contribution in [1.29, 1.82) is 5.26 Å². The van der Waals surface area contributed by atoms with Crippen LogP contribution in [-0.4, -0.2) is 94.4 Å². The molecule has 1 unspecified atom stereocenters. The van der Waals surface area contributed by atoms with E-state index in [1.54, 1.807) is 67.2 Å². The third-order valence-corrected chi connectivity index (χ3v) is 8.04. The summed E-state index contributed by atoms with van der Waals surface area (Å²) in [5.41, 5.74) is 2.75. The number of hydrogen-bond donors (Lipinski definition) is 1. The van der Waals surface area contributed by atoms with Gasteiger partial charge in [-0.3, -0.25) is 14.1 Å². The van der Waals surface area contributed by atoms with Crippen LogP contribution in [0, 0.1) is 24.1 Å². The highest BCUT2D eigenvalue weighted by atomic mass is 35.5. The van der Waals surface area contributed by atoms with Crippen LogP contribution in [0.5, 0.6) is 5.75 Å². The number of aromatic nitrogens is 3. The number of carbonyl (C=O) groups is 1. The molecule has 1 amide bonds. The number of nitrogens with one attached hydrogen (secondary N) is 1. The van der Waals surface area contributed by atoms with Gasteiger partial charge in [-0.25, -0.2) is 14.4 Å². The van der Waals surface area contributed by atoms with Crippen molar-refractivity contribution in [3.05, 3.63) is 70.9 Å². The number of hydrogen-bond acceptors (Lipinski definition) is 8. The van der Waals surface area contributed by atoms with Gasteiger partial charge in [-0.15, -0.1) is 0 Å². The predicted octanol–water partition coefficient (Wildman–Crippen LogP) is 5.24. The van der Waals surface area contributed by atoms with Crippen molar-refractivity contribution >= 4 is 34.7 Å². The second kappa shape index (κ2) is 13.6. The Morgan fingerprint density at radius 2 is 1.98 bits per heavy atom. The van der Waals surface area contributed by atoms with E-state index in [9.17, 15) is 4.79 Å². The first kappa shape index (κ1) is 31.2. The molecule has 12 heteroatoms. The molecule has 44 heavy (non-hydrogen) atoms. The summed E-state index contributed by atoms with van der Waals surface area (Å²) in [6.45, 7) is 8.32. The number of amides is 1. The summed E-state index contributed by atoms with van der Waals surface area (Å²) in [5.74, 6) is 0.219. The van der Waals surface area contributed by atoms with Gasteiger partial charge in [0.2, 0.25) is 0 Å². The Kier molecular flexibility index (Phi) is 9.64. The van der Waals surface area contributed by atoms with E-state index >= 15 is 4.39 Å². The molecule has 2 aromatic heterocycles. The fraction of sp³-hybridized carbons (Fsp3) is 0.375. The Balaban J connectivity index is 1.29. The van der Waals surface area contributed by atoms with Crippen LogP contribution in [0.1, 0.15) is 29.3 Å². The quantitative estimate of drug-likeness (QED) is 0.257. The molecule has 0 saturated carbocycles. The van der Waals surface area contributed by atoms with E-state index in [0.717, 1.165) is 32.6 Å². The van der Waals surface area contributed by atoms with Crippen LogP contribution < -0.4 is 10.1 Å². The number of nitriles is 1. The number of ether oxygens (including phenoxy) is 1. The molecule has 0 radical (unpaired) electrons. The fourth-order valence-electron chi connectivity index (χ4n) is 5.27. The van der Waals surface area contributed by atoms with Gasteiger partial charge in [0.05, 0.1) is 22.5 Å². The number of imidazole rings is 1. The SMILES string of the molecule is Cc1c(OC(C)C#N)ccc(-c2cnc3c(Nc4ccc(C(=O)N5CCN(CCCN(C)C)CC5)c(Cl)c4)nccn23)c1F. The highest BCUT2D eigenvalue weighted by Crippen LogP contribution is 2.33. The summed E-state index contributed by atoms with van der Waals surface area (Å²) in [6, 6.07) is 10.5. The van der Waals surface area contributed by atoms with E-state index in [2.05, 4.69) is 39.2 Å². The number of nitrogens with zero attached hydrogens (tertiary/aromatic N) is 7. The minimum atomic E-state index is -0.700. The van der Waals surface area contributed by atoms with Crippen molar-refractivity contribution < 1.29 is 13.9 Å². The number of benzene rings is 2. The molecule has 1 atom stereocenters. The number of halogens is 2. The summed E-state index contributed by atoms with van der Waals surface area (Å²) in [4.78, 5) is 28.6. The van der Waals surface area contributed by atoms with Gasteiger partial charge in [0.25, 0.3) is 5.91 Å². The molecule has 3 heterocycles. The lowest BCUT2D eigenvalue weighted by Crippen LogP contribution is -2.49. The highest BCUT2D eigenvalue weighted by Gasteiger charge is 2.24. The number of carbonyl (C=O) groups excluding carboxylic acids is 1. The molecule has 1 saturated heterocycles. The van der Waals surface area contributed by atoms with Gasteiger partial charge in [0, 0.05) is 55.4 Å². The van der Waals surface area contributed by atoms with Gasteiger partial charge < -0.3 is 19.9 Å². The molecule has 1 aliphatic heterocycles. The maximum absolute atomic E-state index is 15.4. The lowest BCUT2D eigenvalue weighted by Gasteiger charge is -2.35. The summed E-state index contributed by atoms with van der Waals surface area (Å²) < 4.78 is 22.7. The number of anilines is 2. The largest absolute Gasteiger partial charge is 0.475 e. The minimum Gasteiger partial charge on any atom is -0.475 e. The van der Waals surface area contributed by atoms with Crippen LogP contribution in [0.2, 0.25) is 5.02 Å². The number of piperazine rings is 1. The first-order chi connectivity index (χ1) is 21.2. The summed E-state index contributed by atoms with van der Waals surface area (Å²) >= 11 is 6.61. The van der Waals surface area contributed by atoms with Crippen molar-refractivity contribution in [3.63, 3.8) is 0 Å². The van der Waals surface area contributed by atoms with Crippen LogP contribution in [0.4, 0.5) is 15.9 Å². The molecule has 230 valence electrons.